The summed E-state index contributed by atoms with van der Waals surface area (Å²) in [7, 11) is 1.70. The first-order valence-corrected chi connectivity index (χ1v) is 5.43. The smallest absolute Gasteiger partial charge is 0.119 e. The Balaban J connectivity index is 2.14. The average Bonchev–Trinajstić information content (AvgIpc) is 2.31. The lowest BCUT2D eigenvalue weighted by Crippen LogP contribution is -2.23. The third kappa shape index (κ3) is 2.83. The van der Waals surface area contributed by atoms with Crippen LogP contribution in [0.5, 0.6) is 5.75 Å². The molecule has 2 nitrogen and oxygen atoms in total. The average molecular weight is 203 g/mol. The van der Waals surface area contributed by atoms with Crippen LogP contribution in [0.1, 0.15) is 18.4 Å². The molecule has 80 valence electrons. The largest absolute Gasteiger partial charge is 0.497 e. The van der Waals surface area contributed by atoms with Gasteiger partial charge in [-0.15, -0.1) is 0 Å². The van der Waals surface area contributed by atoms with Gasteiger partial charge in [0.05, 0.1) is 7.11 Å². The van der Waals surface area contributed by atoms with Gasteiger partial charge in [-0.1, -0.05) is 23.8 Å². The Morgan fingerprint density at radius 2 is 2.33 bits per heavy atom. The summed E-state index contributed by atoms with van der Waals surface area (Å²) in [4.78, 5) is 0. The molecule has 0 bridgehead atoms. The SMILES string of the molecule is COc1cccc(C=C2CCCNC2)c1. The standard InChI is InChI=1S/C13H17NO/c1-15-13-6-2-4-11(9-13)8-12-5-3-7-14-10-12/h2,4,6,8-9,14H,3,5,7,10H2,1H3. The van der Waals surface area contributed by atoms with E-state index in [1.54, 1.807) is 7.11 Å². The van der Waals surface area contributed by atoms with Crippen molar-refractivity contribution in [3.63, 3.8) is 0 Å². The molecule has 0 radical (unpaired) electrons. The minimum Gasteiger partial charge on any atom is -0.497 e. The van der Waals surface area contributed by atoms with E-state index in [1.807, 2.05) is 12.1 Å². The van der Waals surface area contributed by atoms with Gasteiger partial charge in [-0.3, -0.25) is 0 Å². The second kappa shape index (κ2) is 4.99. The summed E-state index contributed by atoms with van der Waals surface area (Å²) in [5.74, 6) is 0.924. The maximum atomic E-state index is 5.20. The second-order valence-corrected chi connectivity index (χ2v) is 3.86. The van der Waals surface area contributed by atoms with Gasteiger partial charge < -0.3 is 10.1 Å². The van der Waals surface area contributed by atoms with Crippen molar-refractivity contribution in [3.05, 3.63) is 35.4 Å². The molecule has 0 unspecified atom stereocenters. The normalized spacial score (nSPS) is 19.1. The van der Waals surface area contributed by atoms with E-state index >= 15 is 0 Å². The van der Waals surface area contributed by atoms with Crippen LogP contribution in [0.3, 0.4) is 0 Å². The fourth-order valence-corrected chi connectivity index (χ4v) is 1.87. The molecule has 15 heavy (non-hydrogen) atoms. The van der Waals surface area contributed by atoms with E-state index in [9.17, 15) is 0 Å². The molecule has 2 heteroatoms. The molecule has 0 aliphatic carbocycles. The highest BCUT2D eigenvalue weighted by molar-refractivity contribution is 5.55. The molecule has 1 aliphatic heterocycles. The van der Waals surface area contributed by atoms with Crippen molar-refractivity contribution in [1.82, 2.24) is 5.32 Å². The zero-order chi connectivity index (χ0) is 10.5. The van der Waals surface area contributed by atoms with E-state index in [0.29, 0.717) is 0 Å². The highest BCUT2D eigenvalue weighted by Gasteiger charge is 2.04. The first kappa shape index (κ1) is 10.2. The van der Waals surface area contributed by atoms with E-state index in [4.69, 9.17) is 4.74 Å². The Labute approximate surface area is 91.0 Å². The Bertz CT molecular complexity index is 349. The van der Waals surface area contributed by atoms with Crippen LogP contribution < -0.4 is 10.1 Å². The molecule has 0 amide bonds. The Morgan fingerprint density at radius 3 is 3.07 bits per heavy atom. The van der Waals surface area contributed by atoms with Gasteiger partial charge in [0.2, 0.25) is 0 Å². The number of ether oxygens (including phenoxy) is 1. The van der Waals surface area contributed by atoms with Crippen molar-refractivity contribution in [3.8, 4) is 5.75 Å². The van der Waals surface area contributed by atoms with E-state index < -0.39 is 0 Å². The third-order valence-electron chi connectivity index (χ3n) is 2.67. The minimum absolute atomic E-state index is 0.924. The fraction of sp³-hybridized carbons (Fsp3) is 0.385. The van der Waals surface area contributed by atoms with Crippen molar-refractivity contribution in [1.29, 1.82) is 0 Å². The summed E-state index contributed by atoms with van der Waals surface area (Å²) in [5.41, 5.74) is 2.71. The minimum atomic E-state index is 0.924. The second-order valence-electron chi connectivity index (χ2n) is 3.86. The Kier molecular flexibility index (Phi) is 3.41. The maximum absolute atomic E-state index is 5.20. The molecular formula is C13H17NO. The summed E-state index contributed by atoms with van der Waals surface area (Å²) in [6.45, 7) is 2.17. The van der Waals surface area contributed by atoms with Crippen LogP contribution >= 0.6 is 0 Å². The molecule has 1 saturated heterocycles. The summed E-state index contributed by atoms with van der Waals surface area (Å²) in [5, 5.41) is 3.38. The fourth-order valence-electron chi connectivity index (χ4n) is 1.87. The molecule has 0 spiro atoms. The molecule has 1 heterocycles. The lowest BCUT2D eigenvalue weighted by molar-refractivity contribution is 0.414. The maximum Gasteiger partial charge on any atom is 0.119 e. The van der Waals surface area contributed by atoms with Gasteiger partial charge >= 0.3 is 0 Å². The molecule has 1 aliphatic rings. The zero-order valence-corrected chi connectivity index (χ0v) is 9.12. The molecule has 2 rings (SSSR count). The van der Waals surface area contributed by atoms with Gasteiger partial charge in [0.15, 0.2) is 0 Å². The first-order chi connectivity index (χ1) is 7.38. The van der Waals surface area contributed by atoms with Gasteiger partial charge in [0, 0.05) is 6.54 Å². The molecular weight excluding hydrogens is 186 g/mol. The molecule has 1 aromatic carbocycles. The van der Waals surface area contributed by atoms with Crippen molar-refractivity contribution < 1.29 is 4.74 Å². The number of hydrogen-bond acceptors (Lipinski definition) is 2. The van der Waals surface area contributed by atoms with Crippen LogP contribution in [0.15, 0.2) is 29.8 Å². The molecule has 0 atom stereocenters. The van der Waals surface area contributed by atoms with Crippen LogP contribution in [-0.2, 0) is 0 Å². The summed E-state index contributed by atoms with van der Waals surface area (Å²) in [6, 6.07) is 8.19. The zero-order valence-electron chi connectivity index (χ0n) is 9.12. The monoisotopic (exact) mass is 203 g/mol. The van der Waals surface area contributed by atoms with Crippen LogP contribution in [0.2, 0.25) is 0 Å². The topological polar surface area (TPSA) is 21.3 Å². The van der Waals surface area contributed by atoms with Crippen LogP contribution in [0.25, 0.3) is 6.08 Å². The summed E-state index contributed by atoms with van der Waals surface area (Å²) < 4.78 is 5.20. The van der Waals surface area contributed by atoms with Gasteiger partial charge in [0.1, 0.15) is 5.75 Å². The lowest BCUT2D eigenvalue weighted by Gasteiger charge is -2.15. The van der Waals surface area contributed by atoms with Crippen LogP contribution in [0.4, 0.5) is 0 Å². The molecule has 1 fully saturated rings. The highest BCUT2D eigenvalue weighted by Crippen LogP contribution is 2.17. The first-order valence-electron chi connectivity index (χ1n) is 5.43. The number of piperidine rings is 1. The quantitative estimate of drug-likeness (QED) is 0.797. The van der Waals surface area contributed by atoms with E-state index in [2.05, 4.69) is 23.5 Å². The molecule has 0 saturated carbocycles. The van der Waals surface area contributed by atoms with Gasteiger partial charge in [-0.2, -0.15) is 0 Å². The predicted octanol–water partition coefficient (Wildman–Crippen LogP) is 2.46. The molecule has 1 aromatic rings. The van der Waals surface area contributed by atoms with Crippen molar-refractivity contribution in [2.24, 2.45) is 0 Å². The molecule has 0 aromatic heterocycles. The number of nitrogens with one attached hydrogen (secondary N) is 1. The summed E-state index contributed by atoms with van der Waals surface area (Å²) >= 11 is 0. The van der Waals surface area contributed by atoms with Gasteiger partial charge in [-0.05, 0) is 37.1 Å². The van der Waals surface area contributed by atoms with Crippen LogP contribution in [0, 0.1) is 0 Å². The number of rotatable bonds is 2. The van der Waals surface area contributed by atoms with E-state index in [0.717, 1.165) is 18.8 Å². The predicted molar refractivity (Wildman–Crippen MR) is 63.1 cm³/mol. The number of methoxy groups -OCH3 is 1. The van der Waals surface area contributed by atoms with Crippen molar-refractivity contribution >= 4 is 6.08 Å². The number of hydrogen-bond donors (Lipinski definition) is 1. The number of benzene rings is 1. The van der Waals surface area contributed by atoms with E-state index in [-0.39, 0.29) is 0 Å². The highest BCUT2D eigenvalue weighted by atomic mass is 16.5. The Hall–Kier alpha value is -1.28. The van der Waals surface area contributed by atoms with Crippen LogP contribution in [-0.4, -0.2) is 20.2 Å². The van der Waals surface area contributed by atoms with Crippen molar-refractivity contribution in [2.75, 3.05) is 20.2 Å². The van der Waals surface area contributed by atoms with E-state index in [1.165, 1.54) is 24.0 Å². The Morgan fingerprint density at radius 1 is 1.40 bits per heavy atom. The molecule has 1 N–H and O–H groups in total. The van der Waals surface area contributed by atoms with Gasteiger partial charge in [-0.25, -0.2) is 0 Å². The summed E-state index contributed by atoms with van der Waals surface area (Å²) in [6.07, 6.45) is 4.72. The third-order valence-corrected chi connectivity index (χ3v) is 2.67. The lowest BCUT2D eigenvalue weighted by atomic mass is 10.0. The van der Waals surface area contributed by atoms with Crippen molar-refractivity contribution in [2.45, 2.75) is 12.8 Å². The van der Waals surface area contributed by atoms with Gasteiger partial charge in [0.25, 0.3) is 0 Å².